The molecule has 0 radical (unpaired) electrons. The van der Waals surface area contributed by atoms with Crippen molar-refractivity contribution in [3.8, 4) is 28.1 Å². The highest BCUT2D eigenvalue weighted by atomic mass is 35.7. The van der Waals surface area contributed by atoms with Gasteiger partial charge in [-0.2, -0.15) is 4.57 Å². The van der Waals surface area contributed by atoms with E-state index in [1.165, 1.54) is 12.1 Å². The number of aromatic nitrogens is 3. The van der Waals surface area contributed by atoms with E-state index in [2.05, 4.69) is 62.8 Å². The van der Waals surface area contributed by atoms with Crippen LogP contribution >= 0.6 is 11.3 Å². The fraction of sp³-hybridized carbons (Fsp3) is 0.107. The van der Waals surface area contributed by atoms with E-state index in [-0.39, 0.29) is 10.0 Å². The van der Waals surface area contributed by atoms with Crippen LogP contribution in [0.15, 0.2) is 106 Å². The Morgan fingerprint density at radius 3 is 1.87 bits per heavy atom. The van der Waals surface area contributed by atoms with Gasteiger partial charge in [0, 0.05) is 36.2 Å². The zero-order valence-electron chi connectivity index (χ0n) is 23.4. The van der Waals surface area contributed by atoms with E-state index in [0.717, 1.165) is 46.6 Å². The second kappa shape index (κ2) is 14.1. The van der Waals surface area contributed by atoms with E-state index in [1.807, 2.05) is 36.4 Å². The maximum absolute atomic E-state index is 13.0. The molecule has 0 atom stereocenters. The van der Waals surface area contributed by atoms with Crippen molar-refractivity contribution in [3.05, 3.63) is 103 Å². The molecule has 5 aromatic rings. The minimum Gasteiger partial charge on any atom is -0.253 e. The van der Waals surface area contributed by atoms with Crippen LogP contribution in [0.4, 0.5) is 5.13 Å². The molecular weight excluding hydrogens is 666 g/mol. The number of halogens is 1. The highest BCUT2D eigenvalue weighted by Crippen LogP contribution is 2.28. The molecule has 45 heavy (non-hydrogen) atoms. The first-order chi connectivity index (χ1) is 21.2. The Morgan fingerprint density at radius 2 is 1.36 bits per heavy atom. The normalized spacial score (nSPS) is 11.9. The van der Waals surface area contributed by atoms with E-state index in [0.29, 0.717) is 11.3 Å². The third-order valence-electron chi connectivity index (χ3n) is 6.10. The van der Waals surface area contributed by atoms with Crippen LogP contribution in [-0.2, 0) is 26.5 Å². The zero-order valence-corrected chi connectivity index (χ0v) is 26.6. The number of aryl methyl sites for hydroxylation is 1. The average molecular weight is 692 g/mol. The van der Waals surface area contributed by atoms with Gasteiger partial charge < -0.3 is 0 Å². The second-order valence-electron chi connectivity index (χ2n) is 9.33. The Labute approximate surface area is 265 Å². The lowest BCUT2D eigenvalue weighted by Gasteiger charge is -2.17. The van der Waals surface area contributed by atoms with E-state index in [9.17, 15) is 16.8 Å². The number of hydrogen-bond acceptors (Lipinski definition) is 11. The molecule has 0 unspecified atom stereocenters. The van der Waals surface area contributed by atoms with Gasteiger partial charge in [-0.25, -0.2) is 40.6 Å². The van der Waals surface area contributed by atoms with Crippen molar-refractivity contribution in [3.63, 3.8) is 0 Å². The summed E-state index contributed by atoms with van der Waals surface area (Å²) in [6.07, 6.45) is 1.73. The molecule has 0 fully saturated rings. The summed E-state index contributed by atoms with van der Waals surface area (Å²) in [6, 6.07) is 31.1. The largest absolute Gasteiger partial charge is 0.267 e. The molecule has 0 aliphatic heterocycles. The number of nitrogens with one attached hydrogen (secondary N) is 1. The van der Waals surface area contributed by atoms with Crippen LogP contribution in [0.5, 0.6) is 0 Å². The minimum atomic E-state index is -4.94. The average Bonchev–Trinajstić information content (AvgIpc) is 3.46. The van der Waals surface area contributed by atoms with E-state index in [4.69, 9.17) is 23.8 Å². The molecule has 0 aliphatic carbocycles. The van der Waals surface area contributed by atoms with Gasteiger partial charge >= 0.3 is 0 Å². The van der Waals surface area contributed by atoms with Crippen molar-refractivity contribution in [1.82, 2.24) is 10.2 Å². The van der Waals surface area contributed by atoms with Crippen LogP contribution in [0.25, 0.3) is 28.1 Å². The van der Waals surface area contributed by atoms with Crippen molar-refractivity contribution in [2.24, 2.45) is 5.14 Å². The molecule has 0 bridgehead atoms. The Kier molecular flexibility index (Phi) is 10.6. The molecule has 0 saturated carbocycles. The molecule has 3 aromatic carbocycles. The van der Waals surface area contributed by atoms with Gasteiger partial charge in [-0.15, -0.1) is 20.4 Å². The van der Waals surface area contributed by atoms with Gasteiger partial charge in [0.25, 0.3) is 20.0 Å². The van der Waals surface area contributed by atoms with Crippen molar-refractivity contribution in [1.29, 1.82) is 0 Å². The summed E-state index contributed by atoms with van der Waals surface area (Å²) in [6.45, 7) is 2.12. The number of anilines is 1. The maximum atomic E-state index is 13.0. The molecule has 5 rings (SSSR count). The molecule has 13 nitrogen and oxygen atoms in total. The van der Waals surface area contributed by atoms with Crippen molar-refractivity contribution < 1.29 is 50.3 Å². The van der Waals surface area contributed by atoms with Gasteiger partial charge in [0.1, 0.15) is 0 Å². The first kappa shape index (κ1) is 34.0. The van der Waals surface area contributed by atoms with Gasteiger partial charge in [-0.1, -0.05) is 66.8 Å². The standard InChI is InChI=1S/C28H26N5O4S3.ClHO4/c1-2-9-24-18-22(20-10-5-3-6-11-20)19-26(21-12-7-4-8-13-21)33(24)23-14-16-25(17-15-23)40(36,37)32-27-30-31-28(38-27)39(29,34)35;2-1(3,4)5/h3-8,10-19H,2,9H2,1H3,(H,30,32)(H2,29,34,35);(H,2,3,4,5)/q+1;/p-1. The summed E-state index contributed by atoms with van der Waals surface area (Å²) in [5, 5.41) is 11.9. The van der Waals surface area contributed by atoms with Gasteiger partial charge in [0.2, 0.25) is 20.9 Å². The number of benzene rings is 3. The van der Waals surface area contributed by atoms with Crippen molar-refractivity contribution in [2.75, 3.05) is 4.72 Å². The molecular formula is C28H26ClN5O8S3. The molecule has 2 aromatic heterocycles. The van der Waals surface area contributed by atoms with Crippen LogP contribution in [-0.4, -0.2) is 27.0 Å². The number of hydrogen-bond donors (Lipinski definition) is 2. The Morgan fingerprint density at radius 1 is 0.800 bits per heavy atom. The molecule has 17 heteroatoms. The Balaban J connectivity index is 0.000000854. The fourth-order valence-electron chi connectivity index (χ4n) is 4.33. The van der Waals surface area contributed by atoms with Gasteiger partial charge in [-0.3, -0.25) is 4.72 Å². The van der Waals surface area contributed by atoms with Gasteiger partial charge in [0.15, 0.2) is 5.69 Å². The van der Waals surface area contributed by atoms with Crippen LogP contribution < -0.4 is 33.1 Å². The second-order valence-corrected chi connectivity index (χ2v) is 14.5. The lowest BCUT2D eigenvalue weighted by atomic mass is 9.99. The summed E-state index contributed by atoms with van der Waals surface area (Å²) in [5.74, 6) is 0. The van der Waals surface area contributed by atoms with E-state index < -0.39 is 34.6 Å². The van der Waals surface area contributed by atoms with Gasteiger partial charge in [-0.05, 0) is 41.8 Å². The first-order valence-electron chi connectivity index (χ1n) is 13.0. The van der Waals surface area contributed by atoms with E-state index >= 15 is 0 Å². The minimum absolute atomic E-state index is 0.0107. The highest BCUT2D eigenvalue weighted by Gasteiger charge is 2.25. The third-order valence-corrected chi connectivity index (χ3v) is 9.73. The summed E-state index contributed by atoms with van der Waals surface area (Å²) in [4.78, 5) is -0.0107. The lowest BCUT2D eigenvalue weighted by Crippen LogP contribution is -2.68. The maximum Gasteiger partial charge on any atom is 0.267 e. The number of nitrogens with two attached hydrogens (primary N) is 1. The monoisotopic (exact) mass is 691 g/mol. The summed E-state index contributed by atoms with van der Waals surface area (Å²) in [5.41, 5.74) is 6.09. The molecule has 3 N–H and O–H groups in total. The first-order valence-corrected chi connectivity index (χ1v) is 18.0. The smallest absolute Gasteiger partial charge is 0.253 e. The molecule has 236 valence electrons. The topological polar surface area (TPSA) is 228 Å². The number of nitrogens with zero attached hydrogens (tertiary/aromatic N) is 3. The van der Waals surface area contributed by atoms with Crippen LogP contribution in [0, 0.1) is 10.2 Å². The predicted molar refractivity (Wildman–Crippen MR) is 155 cm³/mol. The zero-order chi connectivity index (χ0) is 32.8. The Hall–Kier alpha value is -3.84. The summed E-state index contributed by atoms with van der Waals surface area (Å²) in [7, 11) is -13.1. The summed E-state index contributed by atoms with van der Waals surface area (Å²) >= 11 is 0.538. The number of sulfonamides is 2. The van der Waals surface area contributed by atoms with Crippen LogP contribution in [0.2, 0.25) is 0 Å². The predicted octanol–water partition coefficient (Wildman–Crippen LogP) is -0.206. The molecule has 0 amide bonds. The highest BCUT2D eigenvalue weighted by molar-refractivity contribution is 7.93. The fourth-order valence-corrected chi connectivity index (χ4v) is 6.89. The number of rotatable bonds is 9. The molecule has 0 spiro atoms. The molecule has 0 saturated heterocycles. The number of pyridine rings is 1. The van der Waals surface area contributed by atoms with Crippen LogP contribution in [0.1, 0.15) is 19.0 Å². The number of primary sulfonamides is 1. The SMILES string of the molecule is CCCc1cc(-c2ccccc2)cc(-c2ccccc2)[n+]1-c1ccc(S(=O)(=O)Nc2nnc(S(N)(=O)=O)s2)cc1.[O-][Cl+3]([O-])([O-])[O-]. The van der Waals surface area contributed by atoms with Crippen molar-refractivity contribution in [2.45, 2.75) is 29.0 Å². The Bertz CT molecular complexity index is 1960. The third kappa shape index (κ3) is 9.33. The van der Waals surface area contributed by atoms with Crippen LogP contribution in [0.3, 0.4) is 0 Å². The lowest BCUT2D eigenvalue weighted by molar-refractivity contribution is -2.00. The van der Waals surface area contributed by atoms with Crippen molar-refractivity contribution >= 4 is 36.5 Å². The van der Waals surface area contributed by atoms with Gasteiger partial charge in [0.05, 0.1) is 4.90 Å². The molecule has 0 aliphatic rings. The molecule has 2 heterocycles. The quantitative estimate of drug-likeness (QED) is 0.193. The summed E-state index contributed by atoms with van der Waals surface area (Å²) < 4.78 is 86.9. The van der Waals surface area contributed by atoms with E-state index in [1.54, 1.807) is 12.1 Å².